The third-order valence-electron chi connectivity index (χ3n) is 3.41. The summed E-state index contributed by atoms with van der Waals surface area (Å²) in [5, 5.41) is 0. The van der Waals surface area contributed by atoms with Gasteiger partial charge in [0.1, 0.15) is 0 Å². The first-order valence-electron chi connectivity index (χ1n) is 6.62. The second-order valence-electron chi connectivity index (χ2n) is 4.91. The molecular formula is C16H17F3O. The molecule has 2 rings (SSSR count). The van der Waals surface area contributed by atoms with Gasteiger partial charge in [0.2, 0.25) is 0 Å². The smallest absolute Gasteiger partial charge is 0.416 e. The van der Waals surface area contributed by atoms with Crippen LogP contribution >= 0.6 is 0 Å². The lowest BCUT2D eigenvalue weighted by Gasteiger charge is -2.23. The third kappa shape index (κ3) is 3.89. The van der Waals surface area contributed by atoms with Crippen LogP contribution in [0.2, 0.25) is 0 Å². The van der Waals surface area contributed by atoms with E-state index in [1.54, 1.807) is 0 Å². The van der Waals surface area contributed by atoms with Crippen LogP contribution in [0.15, 0.2) is 42.7 Å². The molecule has 0 saturated carbocycles. The molecule has 1 nitrogen and oxygen atoms in total. The van der Waals surface area contributed by atoms with Crippen molar-refractivity contribution in [2.24, 2.45) is 5.92 Å². The Kier molecular flexibility index (Phi) is 4.53. The quantitative estimate of drug-likeness (QED) is 0.754. The first kappa shape index (κ1) is 14.7. The number of allylic oxidation sites excluding steroid dienone is 2. The van der Waals surface area contributed by atoms with Crippen molar-refractivity contribution < 1.29 is 17.9 Å². The highest BCUT2D eigenvalue weighted by Gasteiger charge is 2.29. The summed E-state index contributed by atoms with van der Waals surface area (Å²) in [6.45, 7) is 4.61. The molecule has 1 aliphatic rings. The predicted molar refractivity (Wildman–Crippen MR) is 72.9 cm³/mol. The van der Waals surface area contributed by atoms with E-state index in [1.807, 2.05) is 12.2 Å². The van der Waals surface area contributed by atoms with Gasteiger partial charge in [-0.2, -0.15) is 13.2 Å². The highest BCUT2D eigenvalue weighted by Crippen LogP contribution is 2.29. The fourth-order valence-corrected chi connectivity index (χ4v) is 2.21. The molecule has 1 fully saturated rings. The Balaban J connectivity index is 1.93. The first-order chi connectivity index (χ1) is 9.47. The van der Waals surface area contributed by atoms with Crippen molar-refractivity contribution in [3.05, 3.63) is 53.8 Å². The predicted octanol–water partition coefficient (Wildman–Crippen LogP) is 5.05. The van der Waals surface area contributed by atoms with Crippen LogP contribution in [-0.2, 0) is 10.9 Å². The Morgan fingerprint density at radius 2 is 1.95 bits per heavy atom. The average molecular weight is 282 g/mol. The molecule has 1 aliphatic heterocycles. The van der Waals surface area contributed by atoms with Gasteiger partial charge >= 0.3 is 6.18 Å². The Morgan fingerprint density at radius 1 is 1.25 bits per heavy atom. The van der Waals surface area contributed by atoms with E-state index in [-0.39, 0.29) is 0 Å². The van der Waals surface area contributed by atoms with Crippen molar-refractivity contribution in [2.75, 3.05) is 6.61 Å². The summed E-state index contributed by atoms with van der Waals surface area (Å²) < 4.78 is 42.6. The molecule has 0 N–H and O–H groups in total. The van der Waals surface area contributed by atoms with Crippen LogP contribution < -0.4 is 0 Å². The molecular weight excluding hydrogens is 265 g/mol. The van der Waals surface area contributed by atoms with Gasteiger partial charge in [-0.3, -0.25) is 0 Å². The maximum Gasteiger partial charge on any atom is 0.416 e. The second kappa shape index (κ2) is 6.16. The first-order valence-corrected chi connectivity index (χ1v) is 6.62. The maximum atomic E-state index is 12.4. The number of hydrogen-bond acceptors (Lipinski definition) is 1. The zero-order chi connectivity index (χ0) is 14.6. The summed E-state index contributed by atoms with van der Waals surface area (Å²) in [5.41, 5.74) is 0.143. The van der Waals surface area contributed by atoms with E-state index in [4.69, 9.17) is 4.74 Å². The fourth-order valence-electron chi connectivity index (χ4n) is 2.21. The zero-order valence-electron chi connectivity index (χ0n) is 11.1. The molecule has 0 aromatic heterocycles. The molecule has 1 atom stereocenters. The molecule has 1 saturated heterocycles. The van der Waals surface area contributed by atoms with Crippen LogP contribution in [0, 0.1) is 5.92 Å². The number of halogens is 3. The molecule has 1 aromatic carbocycles. The molecule has 108 valence electrons. The van der Waals surface area contributed by atoms with Crippen molar-refractivity contribution in [3.8, 4) is 0 Å². The lowest BCUT2D eigenvalue weighted by Crippen LogP contribution is -2.13. The minimum Gasteiger partial charge on any atom is -0.498 e. The van der Waals surface area contributed by atoms with Crippen LogP contribution in [0.3, 0.4) is 0 Å². The van der Waals surface area contributed by atoms with Gasteiger partial charge in [0.15, 0.2) is 0 Å². The molecule has 1 unspecified atom stereocenters. The third-order valence-corrected chi connectivity index (χ3v) is 3.41. The van der Waals surface area contributed by atoms with Gasteiger partial charge < -0.3 is 4.74 Å². The minimum absolute atomic E-state index is 0.314. The standard InChI is InChI=1S/C16H17F3O/c1-12-14(6-3-11-20-12)5-2-4-13-7-9-15(10-8-13)16(17,18)19/h2,4,7-10,14H,1,3,5-6,11H2/b4-2+. The van der Waals surface area contributed by atoms with E-state index in [0.29, 0.717) is 5.92 Å². The SMILES string of the molecule is C=C1OCCCC1C/C=C/c1ccc(C(F)(F)F)cc1. The Bertz CT molecular complexity index is 485. The number of ether oxygens (including phenoxy) is 1. The normalized spacial score (nSPS) is 20.1. The molecule has 20 heavy (non-hydrogen) atoms. The van der Waals surface area contributed by atoms with Gasteiger partial charge in [-0.05, 0) is 37.0 Å². The van der Waals surface area contributed by atoms with Crippen molar-refractivity contribution >= 4 is 6.08 Å². The Morgan fingerprint density at radius 3 is 2.55 bits per heavy atom. The van der Waals surface area contributed by atoms with Crippen LogP contribution in [-0.4, -0.2) is 6.61 Å². The summed E-state index contributed by atoms with van der Waals surface area (Å²) in [5.74, 6) is 1.13. The van der Waals surface area contributed by atoms with Crippen LogP contribution in [0.5, 0.6) is 0 Å². The van der Waals surface area contributed by atoms with E-state index in [0.717, 1.165) is 49.3 Å². The summed E-state index contributed by atoms with van der Waals surface area (Å²) in [7, 11) is 0. The van der Waals surface area contributed by atoms with Gasteiger partial charge in [-0.15, -0.1) is 0 Å². The molecule has 0 amide bonds. The van der Waals surface area contributed by atoms with Gasteiger partial charge in [-0.1, -0.05) is 30.9 Å². The zero-order valence-corrected chi connectivity index (χ0v) is 11.1. The second-order valence-corrected chi connectivity index (χ2v) is 4.91. The summed E-state index contributed by atoms with van der Waals surface area (Å²) >= 11 is 0. The molecule has 1 aromatic rings. The summed E-state index contributed by atoms with van der Waals surface area (Å²) in [6, 6.07) is 5.15. The van der Waals surface area contributed by atoms with Crippen LogP contribution in [0.25, 0.3) is 6.08 Å². The minimum atomic E-state index is -4.28. The molecule has 0 bridgehead atoms. The van der Waals surface area contributed by atoms with Gasteiger partial charge in [0, 0.05) is 5.92 Å². The maximum absolute atomic E-state index is 12.4. The van der Waals surface area contributed by atoms with Crippen molar-refractivity contribution in [1.82, 2.24) is 0 Å². The van der Waals surface area contributed by atoms with Crippen molar-refractivity contribution in [2.45, 2.75) is 25.4 Å². The Labute approximate surface area is 116 Å². The Hall–Kier alpha value is -1.71. The number of benzene rings is 1. The van der Waals surface area contributed by atoms with Gasteiger partial charge in [0.05, 0.1) is 17.9 Å². The lowest BCUT2D eigenvalue weighted by atomic mass is 9.95. The van der Waals surface area contributed by atoms with E-state index in [1.165, 1.54) is 12.1 Å². The van der Waals surface area contributed by atoms with Crippen LogP contribution in [0.1, 0.15) is 30.4 Å². The molecule has 0 aliphatic carbocycles. The topological polar surface area (TPSA) is 9.23 Å². The molecule has 0 spiro atoms. The largest absolute Gasteiger partial charge is 0.498 e. The number of alkyl halides is 3. The molecule has 0 radical (unpaired) electrons. The van der Waals surface area contributed by atoms with E-state index >= 15 is 0 Å². The summed E-state index contributed by atoms with van der Waals surface area (Å²) in [6.07, 6.45) is 2.41. The highest BCUT2D eigenvalue weighted by molar-refractivity contribution is 5.49. The van der Waals surface area contributed by atoms with E-state index in [2.05, 4.69) is 6.58 Å². The van der Waals surface area contributed by atoms with Crippen molar-refractivity contribution in [3.63, 3.8) is 0 Å². The molecule has 1 heterocycles. The van der Waals surface area contributed by atoms with E-state index in [9.17, 15) is 13.2 Å². The monoisotopic (exact) mass is 282 g/mol. The molecule has 4 heteroatoms. The fraction of sp³-hybridized carbons (Fsp3) is 0.375. The van der Waals surface area contributed by atoms with Gasteiger partial charge in [-0.25, -0.2) is 0 Å². The highest BCUT2D eigenvalue weighted by atomic mass is 19.4. The number of hydrogen-bond donors (Lipinski definition) is 0. The summed E-state index contributed by atoms with van der Waals surface area (Å²) in [4.78, 5) is 0. The lowest BCUT2D eigenvalue weighted by molar-refractivity contribution is -0.137. The van der Waals surface area contributed by atoms with Crippen molar-refractivity contribution in [1.29, 1.82) is 0 Å². The average Bonchev–Trinajstić information content (AvgIpc) is 2.40. The van der Waals surface area contributed by atoms with Gasteiger partial charge in [0.25, 0.3) is 0 Å². The van der Waals surface area contributed by atoms with E-state index < -0.39 is 11.7 Å². The number of rotatable bonds is 3. The van der Waals surface area contributed by atoms with Crippen LogP contribution in [0.4, 0.5) is 13.2 Å².